The Labute approximate surface area is 405 Å². The molecule has 0 N–H and O–H groups in total. The molecule has 0 aliphatic rings. The fraction of sp³-hybridized carbons (Fsp3) is 0. The van der Waals surface area contributed by atoms with Crippen molar-refractivity contribution >= 4 is 82.1 Å². The lowest BCUT2D eigenvalue weighted by Crippen LogP contribution is -2.74. The summed E-state index contributed by atoms with van der Waals surface area (Å²) in [6.07, 6.45) is 0. The van der Waals surface area contributed by atoms with Crippen LogP contribution in [0.2, 0.25) is 0 Å². The van der Waals surface area contributed by atoms with Gasteiger partial charge in [0.05, 0.1) is 11.0 Å². The fourth-order valence-electron chi connectivity index (χ4n) is 10.5. The summed E-state index contributed by atoms with van der Waals surface area (Å²) >= 11 is 1.84. The van der Waals surface area contributed by atoms with E-state index in [1.165, 1.54) is 57.3 Å². The second kappa shape index (κ2) is 17.0. The zero-order chi connectivity index (χ0) is 45.7. The van der Waals surface area contributed by atoms with E-state index in [-0.39, 0.29) is 0 Å². The number of benzene rings is 10. The molecule has 4 nitrogen and oxygen atoms in total. The van der Waals surface area contributed by atoms with E-state index in [0.717, 1.165) is 39.0 Å². The van der Waals surface area contributed by atoms with E-state index in [4.69, 9.17) is 15.0 Å². The summed E-state index contributed by atoms with van der Waals surface area (Å²) in [5.74, 6) is 1.84. The summed E-state index contributed by atoms with van der Waals surface area (Å²) < 4.78 is 4.90. The van der Waals surface area contributed by atoms with Crippen LogP contribution >= 0.6 is 11.3 Å². The first-order valence-corrected chi connectivity index (χ1v) is 26.2. The van der Waals surface area contributed by atoms with E-state index >= 15 is 0 Å². The normalized spacial score (nSPS) is 11.8. The first-order chi connectivity index (χ1) is 34.2. The van der Waals surface area contributed by atoms with Gasteiger partial charge in [-0.05, 0) is 68.3 Å². The molecule has 13 rings (SSSR count). The molecule has 0 aliphatic heterocycles. The number of thiophene rings is 1. The smallest absolute Gasteiger partial charge is 0.179 e. The van der Waals surface area contributed by atoms with Crippen LogP contribution in [0.15, 0.2) is 255 Å². The summed E-state index contributed by atoms with van der Waals surface area (Å²) in [6.45, 7) is 0. The van der Waals surface area contributed by atoms with E-state index in [1.807, 2.05) is 11.3 Å². The van der Waals surface area contributed by atoms with Gasteiger partial charge in [0, 0.05) is 53.3 Å². The van der Waals surface area contributed by atoms with Gasteiger partial charge in [-0.15, -0.1) is 11.3 Å². The molecule has 0 unspecified atom stereocenters. The Kier molecular flexibility index (Phi) is 10.00. The van der Waals surface area contributed by atoms with Gasteiger partial charge < -0.3 is 4.57 Å². The molecule has 0 radical (unpaired) electrons. The molecule has 13 aromatic rings. The maximum absolute atomic E-state index is 5.42. The average molecular weight is 915 g/mol. The van der Waals surface area contributed by atoms with Crippen molar-refractivity contribution in [3.63, 3.8) is 0 Å². The quantitative estimate of drug-likeness (QED) is 0.107. The molecule has 0 atom stereocenters. The third kappa shape index (κ3) is 6.91. The Hall–Kier alpha value is -8.55. The molecule has 10 aromatic carbocycles. The summed E-state index contributed by atoms with van der Waals surface area (Å²) in [4.78, 5) is 16.2. The van der Waals surface area contributed by atoms with Crippen LogP contribution in [0, 0.1) is 0 Å². The van der Waals surface area contributed by atoms with Crippen LogP contribution in [-0.4, -0.2) is 27.6 Å². The molecule has 0 amide bonds. The van der Waals surface area contributed by atoms with Crippen LogP contribution in [0.1, 0.15) is 0 Å². The number of hydrogen-bond donors (Lipinski definition) is 0. The second-order valence-corrected chi connectivity index (χ2v) is 22.4. The van der Waals surface area contributed by atoms with Gasteiger partial charge in [0.2, 0.25) is 0 Å². The second-order valence-electron chi connectivity index (χ2n) is 17.5. The summed E-state index contributed by atoms with van der Waals surface area (Å²) in [5.41, 5.74) is 8.42. The number of aromatic nitrogens is 4. The van der Waals surface area contributed by atoms with Gasteiger partial charge in [-0.2, -0.15) is 0 Å². The van der Waals surface area contributed by atoms with E-state index in [9.17, 15) is 0 Å². The molecule has 0 bridgehead atoms. The molecule has 0 saturated heterocycles. The van der Waals surface area contributed by atoms with Crippen molar-refractivity contribution < 1.29 is 0 Å². The average Bonchev–Trinajstić information content (AvgIpc) is 3.98. The standard InChI is InChI=1S/C63H42N4SSi/c1-4-25-48(26-5-1)69(49-27-6-2-7-28-49,50-29-8-3-9-30-50)51-31-18-23-46(42-51)63-65-61(44-21-16-20-43(40-44)52-35-19-36-56-55-34-12-15-39-59(55)68-60(52)56)64-62(66-63)45-22-17-24-47(41-45)67-57-37-13-10-32-53(57)54-33-11-14-38-58(54)67/h1-42H. The highest BCUT2D eigenvalue weighted by Gasteiger charge is 2.41. The Morgan fingerprint density at radius 2 is 0.754 bits per heavy atom. The zero-order valence-electron chi connectivity index (χ0n) is 37.4. The Balaban J connectivity index is 1.02. The fourth-order valence-corrected chi connectivity index (χ4v) is 16.5. The SMILES string of the molecule is c1ccc([Si](c2ccccc2)(c2ccccc2)c2cccc(-c3nc(-c4cccc(-c5cccc6c5sc5ccccc56)c4)nc(-c4cccc(-n5c6ccccc6c6ccccc65)c4)n3)c2)cc1. The van der Waals surface area contributed by atoms with Gasteiger partial charge in [-0.3, -0.25) is 0 Å². The van der Waals surface area contributed by atoms with Crippen LogP contribution in [0.4, 0.5) is 0 Å². The first-order valence-electron chi connectivity index (χ1n) is 23.3. The number of hydrogen-bond acceptors (Lipinski definition) is 4. The predicted molar refractivity (Wildman–Crippen MR) is 292 cm³/mol. The van der Waals surface area contributed by atoms with Crippen molar-refractivity contribution in [2.24, 2.45) is 0 Å². The molecular formula is C63H42N4SSi. The van der Waals surface area contributed by atoms with Gasteiger partial charge in [-0.25, -0.2) is 15.0 Å². The zero-order valence-corrected chi connectivity index (χ0v) is 39.3. The van der Waals surface area contributed by atoms with Crippen molar-refractivity contribution in [3.8, 4) is 51.0 Å². The molecule has 324 valence electrons. The van der Waals surface area contributed by atoms with Gasteiger partial charge in [0.1, 0.15) is 0 Å². The molecular weight excluding hydrogens is 873 g/mol. The highest BCUT2D eigenvalue weighted by Crippen LogP contribution is 2.41. The van der Waals surface area contributed by atoms with E-state index < -0.39 is 8.07 Å². The third-order valence-electron chi connectivity index (χ3n) is 13.6. The lowest BCUT2D eigenvalue weighted by molar-refractivity contribution is 1.07. The van der Waals surface area contributed by atoms with E-state index in [0.29, 0.717) is 17.5 Å². The molecule has 69 heavy (non-hydrogen) atoms. The van der Waals surface area contributed by atoms with Gasteiger partial charge >= 0.3 is 0 Å². The van der Waals surface area contributed by atoms with Crippen molar-refractivity contribution in [2.45, 2.75) is 0 Å². The van der Waals surface area contributed by atoms with Crippen molar-refractivity contribution in [3.05, 3.63) is 255 Å². The number of fused-ring (bicyclic) bond motifs is 6. The number of nitrogens with zero attached hydrogens (tertiary/aromatic N) is 4. The van der Waals surface area contributed by atoms with Crippen molar-refractivity contribution in [1.82, 2.24) is 19.5 Å². The number of para-hydroxylation sites is 2. The topological polar surface area (TPSA) is 43.6 Å². The molecule has 3 heterocycles. The number of rotatable bonds is 9. The van der Waals surface area contributed by atoms with Gasteiger partial charge in [0.15, 0.2) is 25.5 Å². The molecule has 6 heteroatoms. The lowest BCUT2D eigenvalue weighted by atomic mass is 10.0. The van der Waals surface area contributed by atoms with Crippen LogP contribution in [-0.2, 0) is 0 Å². The summed E-state index contributed by atoms with van der Waals surface area (Å²) in [5, 5.41) is 10.2. The van der Waals surface area contributed by atoms with Crippen LogP contribution in [0.3, 0.4) is 0 Å². The molecule has 0 fully saturated rings. The van der Waals surface area contributed by atoms with Crippen LogP contribution in [0.5, 0.6) is 0 Å². The van der Waals surface area contributed by atoms with Crippen LogP contribution in [0.25, 0.3) is 93.0 Å². The van der Waals surface area contributed by atoms with E-state index in [2.05, 4.69) is 259 Å². The lowest BCUT2D eigenvalue weighted by Gasteiger charge is -2.34. The van der Waals surface area contributed by atoms with Crippen LogP contribution < -0.4 is 20.7 Å². The molecule has 0 saturated carbocycles. The minimum atomic E-state index is -2.86. The largest absolute Gasteiger partial charge is 0.309 e. The minimum Gasteiger partial charge on any atom is -0.309 e. The maximum Gasteiger partial charge on any atom is 0.179 e. The molecule has 0 spiro atoms. The summed E-state index contributed by atoms with van der Waals surface area (Å²) in [7, 11) is -2.86. The van der Waals surface area contributed by atoms with E-state index in [1.54, 1.807) is 0 Å². The molecule has 3 aromatic heterocycles. The maximum atomic E-state index is 5.42. The monoisotopic (exact) mass is 914 g/mol. The first kappa shape index (κ1) is 40.7. The highest BCUT2D eigenvalue weighted by atomic mass is 32.1. The minimum absolute atomic E-state index is 0.609. The Bertz CT molecular complexity index is 3880. The Morgan fingerprint density at radius 3 is 1.36 bits per heavy atom. The Morgan fingerprint density at radius 1 is 0.319 bits per heavy atom. The predicted octanol–water partition coefficient (Wildman–Crippen LogP) is 13.4. The van der Waals surface area contributed by atoms with Gasteiger partial charge in [0.25, 0.3) is 0 Å². The van der Waals surface area contributed by atoms with Gasteiger partial charge in [-0.1, -0.05) is 218 Å². The van der Waals surface area contributed by atoms with Crippen molar-refractivity contribution in [1.29, 1.82) is 0 Å². The highest BCUT2D eigenvalue weighted by molar-refractivity contribution is 7.26. The third-order valence-corrected chi connectivity index (χ3v) is 19.6. The molecule has 0 aliphatic carbocycles. The summed E-state index contributed by atoms with van der Waals surface area (Å²) in [6, 6.07) is 92.0. The van der Waals surface area contributed by atoms with Crippen molar-refractivity contribution in [2.75, 3.05) is 0 Å².